The maximum Gasteiger partial charge on any atom is 0.147 e. The summed E-state index contributed by atoms with van der Waals surface area (Å²) in [4.78, 5) is 0. The van der Waals surface area contributed by atoms with E-state index in [2.05, 4.69) is 48.5 Å². The zero-order chi connectivity index (χ0) is 14.3. The van der Waals surface area contributed by atoms with Gasteiger partial charge in [-0.05, 0) is 23.3 Å². The molecule has 0 N–H and O–H groups in total. The Balaban J connectivity index is 1.83. The summed E-state index contributed by atoms with van der Waals surface area (Å²) in [7, 11) is 0. The van der Waals surface area contributed by atoms with E-state index in [-0.39, 0.29) is 5.92 Å². The summed E-state index contributed by atoms with van der Waals surface area (Å²) in [5, 5.41) is 0. The van der Waals surface area contributed by atoms with Gasteiger partial charge in [0.05, 0.1) is 0 Å². The molecule has 1 heteroatoms. The van der Waals surface area contributed by atoms with Gasteiger partial charge in [0.15, 0.2) is 0 Å². The van der Waals surface area contributed by atoms with Gasteiger partial charge in [0.25, 0.3) is 0 Å². The topological polar surface area (TPSA) is 9.23 Å². The average molecular weight is 273 g/mol. The van der Waals surface area contributed by atoms with Crippen molar-refractivity contribution < 1.29 is 4.74 Å². The van der Waals surface area contributed by atoms with Crippen molar-refractivity contribution in [3.63, 3.8) is 0 Å². The number of rotatable bonds is 5. The second kappa shape index (κ2) is 6.76. The van der Waals surface area contributed by atoms with E-state index >= 15 is 0 Å². The smallest absolute Gasteiger partial charge is 0.147 e. The van der Waals surface area contributed by atoms with Crippen molar-refractivity contribution >= 4 is 0 Å². The summed E-state index contributed by atoms with van der Waals surface area (Å²) in [6, 6.07) is 30.7. The average Bonchev–Trinajstić information content (AvgIpc) is 2.58. The Morgan fingerprint density at radius 2 is 1.00 bits per heavy atom. The molecule has 3 aromatic carbocycles. The Morgan fingerprint density at radius 3 is 1.48 bits per heavy atom. The molecule has 0 saturated carbocycles. The van der Waals surface area contributed by atoms with Crippen LogP contribution >= 0.6 is 0 Å². The van der Waals surface area contributed by atoms with E-state index < -0.39 is 0 Å². The number of hydrogen-bond donors (Lipinski definition) is 0. The van der Waals surface area contributed by atoms with Gasteiger partial charge in [-0.3, -0.25) is 0 Å². The quantitative estimate of drug-likeness (QED) is 0.631. The lowest BCUT2D eigenvalue weighted by Gasteiger charge is -2.18. The van der Waals surface area contributed by atoms with E-state index in [1.165, 1.54) is 11.1 Å². The Morgan fingerprint density at radius 1 is 0.571 bits per heavy atom. The highest BCUT2D eigenvalue weighted by molar-refractivity contribution is 5.35. The molecule has 1 nitrogen and oxygen atoms in total. The van der Waals surface area contributed by atoms with Gasteiger partial charge < -0.3 is 4.74 Å². The summed E-state index contributed by atoms with van der Waals surface area (Å²) in [6.45, 7) is 1.90. The van der Waals surface area contributed by atoms with E-state index in [1.807, 2.05) is 49.1 Å². The monoisotopic (exact) mass is 273 g/mol. The van der Waals surface area contributed by atoms with Crippen molar-refractivity contribution in [3.8, 4) is 5.75 Å². The molecule has 0 heterocycles. The van der Waals surface area contributed by atoms with E-state index in [0.29, 0.717) is 0 Å². The van der Waals surface area contributed by atoms with Gasteiger partial charge in [0.1, 0.15) is 12.4 Å². The summed E-state index contributed by atoms with van der Waals surface area (Å²) in [5.74, 6) is 0.974. The van der Waals surface area contributed by atoms with Crippen LogP contribution in [-0.2, 0) is 0 Å². The Hall–Kier alpha value is -2.54. The molecule has 0 spiro atoms. The number of ether oxygens (including phenoxy) is 1. The van der Waals surface area contributed by atoms with Gasteiger partial charge in [-0.2, -0.15) is 0 Å². The third kappa shape index (κ3) is 3.51. The van der Waals surface area contributed by atoms with Gasteiger partial charge in [-0.1, -0.05) is 78.9 Å². The Bertz CT molecular complexity index is 608. The molecule has 0 fully saturated rings. The van der Waals surface area contributed by atoms with Crippen LogP contribution in [0.2, 0.25) is 0 Å². The summed E-state index contributed by atoms with van der Waals surface area (Å²) >= 11 is 0. The molecule has 0 bridgehead atoms. The lowest BCUT2D eigenvalue weighted by Crippen LogP contribution is -2.06. The zero-order valence-corrected chi connectivity index (χ0v) is 11.7. The summed E-state index contributed by atoms with van der Waals surface area (Å²) in [6.07, 6.45) is 0. The van der Waals surface area contributed by atoms with Crippen LogP contribution in [0.3, 0.4) is 0 Å². The van der Waals surface area contributed by atoms with E-state index in [4.69, 9.17) is 4.74 Å². The first-order valence-electron chi connectivity index (χ1n) is 7.08. The van der Waals surface area contributed by atoms with Crippen LogP contribution in [0, 0.1) is 6.61 Å². The molecule has 0 atom stereocenters. The molecule has 0 aromatic heterocycles. The molecule has 3 aromatic rings. The molecule has 0 unspecified atom stereocenters. The molecular weight excluding hydrogens is 256 g/mol. The van der Waals surface area contributed by atoms with Crippen LogP contribution in [0.15, 0.2) is 91.0 Å². The van der Waals surface area contributed by atoms with E-state index in [0.717, 1.165) is 5.75 Å². The lowest BCUT2D eigenvalue weighted by molar-refractivity contribution is 0.385. The first-order chi connectivity index (χ1) is 10.4. The van der Waals surface area contributed by atoms with Gasteiger partial charge in [0.2, 0.25) is 0 Å². The Kier molecular flexibility index (Phi) is 4.33. The molecule has 3 rings (SSSR count). The minimum Gasteiger partial charge on any atom is -0.486 e. The second-order valence-electron chi connectivity index (χ2n) is 4.87. The van der Waals surface area contributed by atoms with Gasteiger partial charge in [-0.25, -0.2) is 0 Å². The standard InChI is InChI=1S/C20H17O/c1-4-10-17(11-5-1)20(18-12-6-2-7-13-18)16-21-19-14-8-3-9-15-19/h1-16,20H. The second-order valence-corrected chi connectivity index (χ2v) is 4.87. The van der Waals surface area contributed by atoms with E-state index in [1.54, 1.807) is 0 Å². The van der Waals surface area contributed by atoms with Crippen molar-refractivity contribution in [2.24, 2.45) is 0 Å². The first kappa shape index (κ1) is 13.4. The molecular formula is C20H17O. The van der Waals surface area contributed by atoms with Gasteiger partial charge in [0, 0.05) is 5.92 Å². The van der Waals surface area contributed by atoms with Gasteiger partial charge >= 0.3 is 0 Å². The molecule has 0 aliphatic rings. The number of hydrogen-bond acceptors (Lipinski definition) is 1. The lowest BCUT2D eigenvalue weighted by atomic mass is 9.92. The molecule has 21 heavy (non-hydrogen) atoms. The highest BCUT2D eigenvalue weighted by Gasteiger charge is 2.15. The minimum absolute atomic E-state index is 0.118. The fraction of sp³-hybridized carbons (Fsp3) is 0.0500. The maximum absolute atomic E-state index is 5.85. The largest absolute Gasteiger partial charge is 0.486 e. The van der Waals surface area contributed by atoms with E-state index in [9.17, 15) is 0 Å². The predicted molar refractivity (Wildman–Crippen MR) is 86.1 cm³/mol. The molecule has 0 amide bonds. The van der Waals surface area contributed by atoms with Crippen LogP contribution in [0.25, 0.3) is 0 Å². The van der Waals surface area contributed by atoms with Gasteiger partial charge in [-0.15, -0.1) is 0 Å². The summed E-state index contributed by atoms with van der Waals surface area (Å²) in [5.41, 5.74) is 2.44. The zero-order valence-electron chi connectivity index (χ0n) is 11.7. The highest BCUT2D eigenvalue weighted by atomic mass is 16.5. The van der Waals surface area contributed by atoms with Crippen molar-refractivity contribution in [1.29, 1.82) is 0 Å². The van der Waals surface area contributed by atoms with Crippen LogP contribution in [0.1, 0.15) is 17.0 Å². The van der Waals surface area contributed by atoms with Crippen LogP contribution in [0.4, 0.5) is 0 Å². The minimum atomic E-state index is 0.118. The fourth-order valence-electron chi connectivity index (χ4n) is 2.32. The normalized spacial score (nSPS) is 10.5. The van der Waals surface area contributed by atoms with Crippen LogP contribution < -0.4 is 4.74 Å². The first-order valence-corrected chi connectivity index (χ1v) is 7.08. The fourth-order valence-corrected chi connectivity index (χ4v) is 2.32. The summed E-state index contributed by atoms with van der Waals surface area (Å²) < 4.78 is 5.85. The van der Waals surface area contributed by atoms with Crippen molar-refractivity contribution in [2.45, 2.75) is 5.92 Å². The Labute approximate surface area is 125 Å². The van der Waals surface area contributed by atoms with Crippen molar-refractivity contribution in [1.82, 2.24) is 0 Å². The molecule has 1 radical (unpaired) electrons. The van der Waals surface area contributed by atoms with Crippen LogP contribution in [0.5, 0.6) is 5.75 Å². The van der Waals surface area contributed by atoms with Crippen molar-refractivity contribution in [3.05, 3.63) is 109 Å². The SMILES string of the molecule is [CH](Oc1ccccc1)C(c1ccccc1)c1ccccc1. The molecule has 0 aliphatic carbocycles. The molecule has 0 aliphatic heterocycles. The van der Waals surface area contributed by atoms with Crippen LogP contribution in [-0.4, -0.2) is 0 Å². The maximum atomic E-state index is 5.85. The third-order valence-electron chi connectivity index (χ3n) is 3.40. The third-order valence-corrected chi connectivity index (χ3v) is 3.40. The van der Waals surface area contributed by atoms with Crippen molar-refractivity contribution in [2.75, 3.05) is 0 Å². The molecule has 103 valence electrons. The predicted octanol–water partition coefficient (Wildman–Crippen LogP) is 5.06. The number of benzene rings is 3. The molecule has 0 saturated heterocycles. The highest BCUT2D eigenvalue weighted by Crippen LogP contribution is 2.28. The number of para-hydroxylation sites is 1.